The number of carbonyl (C=O) groups is 2. The van der Waals surface area contributed by atoms with E-state index >= 15 is 0 Å². The van der Waals surface area contributed by atoms with Gasteiger partial charge in [0.15, 0.2) is 0 Å². The summed E-state index contributed by atoms with van der Waals surface area (Å²) in [5, 5.41) is 14.7. The van der Waals surface area contributed by atoms with Crippen molar-refractivity contribution in [2.75, 3.05) is 82.2 Å². The number of hydrogen-bond donors (Lipinski definition) is 2. The lowest BCUT2D eigenvalue weighted by molar-refractivity contribution is -0.138. The Labute approximate surface area is 218 Å². The van der Waals surface area contributed by atoms with E-state index in [1.807, 2.05) is 9.80 Å². The number of amides is 1. The highest BCUT2D eigenvalue weighted by atomic mass is 16.5. The maximum absolute atomic E-state index is 12.3. The van der Waals surface area contributed by atoms with Gasteiger partial charge in [-0.1, -0.05) is 5.11 Å². The Kier molecular flexibility index (Phi) is 11.9. The van der Waals surface area contributed by atoms with Gasteiger partial charge in [0.25, 0.3) is 5.91 Å². The normalized spacial score (nSPS) is 13.2. The molecule has 1 saturated heterocycles. The Morgan fingerprint density at radius 3 is 1.89 bits per heavy atom. The van der Waals surface area contributed by atoms with Crippen molar-refractivity contribution in [2.24, 2.45) is 5.11 Å². The van der Waals surface area contributed by atoms with Crippen molar-refractivity contribution in [1.82, 2.24) is 25.3 Å². The molecule has 0 bridgehead atoms. The summed E-state index contributed by atoms with van der Waals surface area (Å²) in [6.45, 7) is 4.87. The Morgan fingerprint density at radius 1 is 0.868 bits per heavy atom. The molecule has 16 nitrogen and oxygen atoms in total. The van der Waals surface area contributed by atoms with Gasteiger partial charge < -0.3 is 34.4 Å². The van der Waals surface area contributed by atoms with Crippen molar-refractivity contribution in [3.8, 4) is 0 Å². The molecule has 2 N–H and O–H groups in total. The summed E-state index contributed by atoms with van der Waals surface area (Å²) in [5.41, 5.74) is 9.18. The van der Waals surface area contributed by atoms with Crippen molar-refractivity contribution < 1.29 is 28.9 Å². The van der Waals surface area contributed by atoms with Crippen LogP contribution in [0.1, 0.15) is 16.8 Å². The van der Waals surface area contributed by atoms with Gasteiger partial charge in [0.05, 0.1) is 57.3 Å². The molecule has 38 heavy (non-hydrogen) atoms. The summed E-state index contributed by atoms with van der Waals surface area (Å²) < 4.78 is 15.8. The van der Waals surface area contributed by atoms with E-state index in [1.165, 1.54) is 24.8 Å². The molecule has 1 aliphatic heterocycles. The Bertz CT molecular complexity index is 1060. The van der Waals surface area contributed by atoms with E-state index in [4.69, 9.17) is 24.8 Å². The van der Waals surface area contributed by atoms with Crippen LogP contribution in [0.2, 0.25) is 0 Å². The number of nitrogens with one attached hydrogen (secondary N) is 1. The topological polar surface area (TPSA) is 201 Å². The molecule has 2 aromatic heterocycles. The number of rotatable bonds is 16. The van der Waals surface area contributed by atoms with Gasteiger partial charge in [0.2, 0.25) is 11.9 Å². The van der Waals surface area contributed by atoms with Crippen LogP contribution in [0.3, 0.4) is 0 Å². The Morgan fingerprint density at radius 2 is 1.37 bits per heavy atom. The Hall–Kier alpha value is -4.11. The van der Waals surface area contributed by atoms with E-state index < -0.39 is 5.97 Å². The summed E-state index contributed by atoms with van der Waals surface area (Å²) in [5.74, 6) is -0.0881. The lowest BCUT2D eigenvalue weighted by atomic mass is 10.3. The van der Waals surface area contributed by atoms with E-state index in [2.05, 4.69) is 35.3 Å². The SMILES string of the molecule is [N-]=[N+]=Nc1cnc(N2CCN(c3ncc(C(=O)NCCOCCOCCOCCC(=O)O)cn3)CC2)nc1. The molecule has 0 aliphatic carbocycles. The van der Waals surface area contributed by atoms with Crippen LogP contribution in [0.5, 0.6) is 0 Å². The first-order valence-corrected chi connectivity index (χ1v) is 12.0. The van der Waals surface area contributed by atoms with Crippen LogP contribution in [-0.2, 0) is 19.0 Å². The quantitative estimate of drug-likeness (QED) is 0.134. The van der Waals surface area contributed by atoms with Gasteiger partial charge >= 0.3 is 5.97 Å². The molecule has 0 radical (unpaired) electrons. The van der Waals surface area contributed by atoms with E-state index in [0.29, 0.717) is 88.9 Å². The number of anilines is 2. The third-order valence-electron chi connectivity index (χ3n) is 5.27. The number of piperazine rings is 1. The van der Waals surface area contributed by atoms with Crippen LogP contribution in [0.15, 0.2) is 29.9 Å². The molecule has 3 heterocycles. The van der Waals surface area contributed by atoms with Crippen molar-refractivity contribution in [2.45, 2.75) is 6.42 Å². The summed E-state index contributed by atoms with van der Waals surface area (Å²) >= 11 is 0. The van der Waals surface area contributed by atoms with Crippen LogP contribution in [-0.4, -0.2) is 109 Å². The molecule has 3 rings (SSSR count). The number of carboxylic acid groups (broad SMARTS) is 1. The first-order chi connectivity index (χ1) is 18.6. The predicted molar refractivity (Wildman–Crippen MR) is 134 cm³/mol. The maximum atomic E-state index is 12.3. The van der Waals surface area contributed by atoms with Crippen molar-refractivity contribution in [3.05, 3.63) is 40.8 Å². The van der Waals surface area contributed by atoms with Gasteiger partial charge in [-0.25, -0.2) is 19.9 Å². The lowest BCUT2D eigenvalue weighted by Gasteiger charge is -2.34. The molecule has 0 unspecified atom stereocenters. The molecule has 1 amide bonds. The number of aromatic nitrogens is 4. The molecule has 0 atom stereocenters. The lowest BCUT2D eigenvalue weighted by Crippen LogP contribution is -2.47. The zero-order valence-electron chi connectivity index (χ0n) is 20.8. The zero-order chi connectivity index (χ0) is 27.0. The number of azide groups is 1. The second kappa shape index (κ2) is 15.9. The number of nitrogens with zero attached hydrogens (tertiary/aromatic N) is 9. The van der Waals surface area contributed by atoms with E-state index in [9.17, 15) is 9.59 Å². The molecule has 0 spiro atoms. The largest absolute Gasteiger partial charge is 0.481 e. The summed E-state index contributed by atoms with van der Waals surface area (Å²) in [6, 6.07) is 0. The fourth-order valence-electron chi connectivity index (χ4n) is 3.33. The minimum atomic E-state index is -0.897. The number of aliphatic carboxylic acids is 1. The molecule has 0 aromatic carbocycles. The monoisotopic (exact) mass is 530 g/mol. The van der Waals surface area contributed by atoms with Crippen molar-refractivity contribution >= 4 is 29.5 Å². The van der Waals surface area contributed by atoms with Crippen molar-refractivity contribution in [3.63, 3.8) is 0 Å². The highest BCUT2D eigenvalue weighted by Crippen LogP contribution is 2.16. The third-order valence-corrected chi connectivity index (χ3v) is 5.27. The molecule has 2 aromatic rings. The number of ether oxygens (including phenoxy) is 3. The van der Waals surface area contributed by atoms with E-state index in [0.717, 1.165) is 0 Å². The molecule has 1 aliphatic rings. The highest BCUT2D eigenvalue weighted by Gasteiger charge is 2.21. The van der Waals surface area contributed by atoms with Gasteiger partial charge in [-0.15, -0.1) is 0 Å². The summed E-state index contributed by atoms with van der Waals surface area (Å²) in [6.07, 6.45) is 5.92. The zero-order valence-corrected chi connectivity index (χ0v) is 20.8. The van der Waals surface area contributed by atoms with Gasteiger partial charge in [-0.3, -0.25) is 9.59 Å². The van der Waals surface area contributed by atoms with Crippen molar-refractivity contribution in [1.29, 1.82) is 0 Å². The first kappa shape index (κ1) is 28.5. The standard InChI is InChI=1S/C22H30N10O6/c23-30-29-18-15-27-22(28-16-18)32-5-3-31(4-6-32)21-25-13-17(14-26-21)20(35)24-2-8-37-10-12-38-11-9-36-7-1-19(33)34/h13-16H,1-12H2,(H,24,35)(H,33,34). The second-order valence-electron chi connectivity index (χ2n) is 7.91. The van der Waals surface area contributed by atoms with Gasteiger partial charge in [0, 0.05) is 62.4 Å². The maximum Gasteiger partial charge on any atom is 0.305 e. The first-order valence-electron chi connectivity index (χ1n) is 12.0. The average molecular weight is 531 g/mol. The minimum Gasteiger partial charge on any atom is -0.481 e. The van der Waals surface area contributed by atoms with Gasteiger partial charge in [0.1, 0.15) is 0 Å². The van der Waals surface area contributed by atoms with Crippen LogP contribution in [0.4, 0.5) is 17.6 Å². The second-order valence-corrected chi connectivity index (χ2v) is 7.91. The molecular formula is C22H30N10O6. The number of carbonyl (C=O) groups excluding carboxylic acids is 1. The van der Waals surface area contributed by atoms with Gasteiger partial charge in [-0.05, 0) is 5.53 Å². The van der Waals surface area contributed by atoms with Crippen LogP contribution < -0.4 is 15.1 Å². The highest BCUT2D eigenvalue weighted by molar-refractivity contribution is 5.93. The summed E-state index contributed by atoms with van der Waals surface area (Å²) in [7, 11) is 0. The van der Waals surface area contributed by atoms with Crippen LogP contribution >= 0.6 is 0 Å². The molecule has 204 valence electrons. The Balaban J connectivity index is 1.27. The smallest absolute Gasteiger partial charge is 0.305 e. The molecular weight excluding hydrogens is 500 g/mol. The number of hydrogen-bond acceptors (Lipinski definition) is 12. The van der Waals surface area contributed by atoms with Crippen LogP contribution in [0, 0.1) is 0 Å². The molecule has 0 saturated carbocycles. The fraction of sp³-hybridized carbons (Fsp3) is 0.545. The third kappa shape index (κ3) is 9.74. The predicted octanol–water partition coefficient (Wildman–Crippen LogP) is 0.789. The molecule has 1 fully saturated rings. The fourth-order valence-corrected chi connectivity index (χ4v) is 3.33. The minimum absolute atomic E-state index is 0.0295. The summed E-state index contributed by atoms with van der Waals surface area (Å²) in [4.78, 5) is 46.6. The van der Waals surface area contributed by atoms with E-state index in [1.54, 1.807) is 0 Å². The van der Waals surface area contributed by atoms with Crippen LogP contribution in [0.25, 0.3) is 10.4 Å². The van der Waals surface area contributed by atoms with E-state index in [-0.39, 0.29) is 18.9 Å². The average Bonchev–Trinajstić information content (AvgIpc) is 2.94. The van der Waals surface area contributed by atoms with Gasteiger partial charge in [-0.2, -0.15) is 0 Å². The molecule has 16 heteroatoms. The number of carboxylic acids is 1.